The fraction of sp³-hybridized carbons (Fsp3) is 0.611. The van der Waals surface area contributed by atoms with Gasteiger partial charge in [0.05, 0.1) is 4.47 Å². The van der Waals surface area contributed by atoms with E-state index in [2.05, 4.69) is 50.5 Å². The average Bonchev–Trinajstić information content (AvgIpc) is 2.28. The third-order valence-corrected chi connectivity index (χ3v) is 4.19. The maximum Gasteiger partial charge on any atom is 0.347 e. The maximum absolute atomic E-state index is 11.2. The topological polar surface area (TPSA) is 46.5 Å². The Balaban J connectivity index is 3.07. The van der Waals surface area contributed by atoms with E-state index in [4.69, 9.17) is 9.84 Å². The summed E-state index contributed by atoms with van der Waals surface area (Å²) in [5.41, 5.74) is 0.207. The van der Waals surface area contributed by atoms with Crippen molar-refractivity contribution in [3.63, 3.8) is 0 Å². The first-order valence-electron chi connectivity index (χ1n) is 7.47. The van der Waals surface area contributed by atoms with Crippen molar-refractivity contribution in [2.75, 3.05) is 0 Å². The summed E-state index contributed by atoms with van der Waals surface area (Å²) in [7, 11) is 0. The van der Waals surface area contributed by atoms with Gasteiger partial charge in [-0.15, -0.1) is 0 Å². The molecule has 0 saturated heterocycles. The summed E-state index contributed by atoms with van der Waals surface area (Å²) in [4.78, 5) is 11.2. The molecule has 0 fully saturated rings. The molecule has 22 heavy (non-hydrogen) atoms. The molecule has 1 aromatic rings. The number of ether oxygens (including phenoxy) is 1. The number of carbonyl (C=O) groups is 1. The minimum Gasteiger partial charge on any atom is -0.478 e. The Bertz CT molecular complexity index is 554. The van der Waals surface area contributed by atoms with Crippen LogP contribution >= 0.6 is 15.9 Å². The zero-order valence-corrected chi connectivity index (χ0v) is 16.2. The highest BCUT2D eigenvalue weighted by molar-refractivity contribution is 9.10. The third kappa shape index (κ3) is 5.01. The van der Waals surface area contributed by atoms with Gasteiger partial charge in [-0.05, 0) is 64.7 Å². The Kier molecular flexibility index (Phi) is 5.38. The van der Waals surface area contributed by atoms with E-state index in [0.717, 1.165) is 10.9 Å². The minimum atomic E-state index is -1.26. The SMILES string of the molecule is CC(C)(C)CC(C)(C)c1ccc(OC(C)(C)C(=O)O)c(Br)c1. The van der Waals surface area contributed by atoms with Crippen LogP contribution in [0.4, 0.5) is 0 Å². The van der Waals surface area contributed by atoms with Gasteiger partial charge in [0, 0.05) is 0 Å². The van der Waals surface area contributed by atoms with E-state index in [1.165, 1.54) is 5.56 Å². The smallest absolute Gasteiger partial charge is 0.347 e. The van der Waals surface area contributed by atoms with Crippen LogP contribution in [-0.4, -0.2) is 16.7 Å². The van der Waals surface area contributed by atoms with Crippen LogP contribution in [0.2, 0.25) is 0 Å². The lowest BCUT2D eigenvalue weighted by Gasteiger charge is -2.33. The second-order valence-electron chi connectivity index (χ2n) is 8.18. The highest BCUT2D eigenvalue weighted by Crippen LogP contribution is 2.39. The molecule has 0 aromatic heterocycles. The van der Waals surface area contributed by atoms with Crippen molar-refractivity contribution in [2.24, 2.45) is 5.41 Å². The van der Waals surface area contributed by atoms with Gasteiger partial charge >= 0.3 is 5.97 Å². The largest absolute Gasteiger partial charge is 0.478 e. The van der Waals surface area contributed by atoms with Crippen molar-refractivity contribution in [3.05, 3.63) is 28.2 Å². The summed E-state index contributed by atoms with van der Waals surface area (Å²) in [5.74, 6) is -0.445. The number of halogens is 1. The summed E-state index contributed by atoms with van der Waals surface area (Å²) in [6.45, 7) is 14.2. The van der Waals surface area contributed by atoms with Crippen LogP contribution in [0.3, 0.4) is 0 Å². The summed E-state index contributed by atoms with van der Waals surface area (Å²) in [5, 5.41) is 9.16. The molecule has 0 bridgehead atoms. The number of rotatable bonds is 5. The maximum atomic E-state index is 11.2. The van der Waals surface area contributed by atoms with Crippen LogP contribution in [0.15, 0.2) is 22.7 Å². The second kappa shape index (κ2) is 6.23. The van der Waals surface area contributed by atoms with Crippen LogP contribution in [0.25, 0.3) is 0 Å². The second-order valence-corrected chi connectivity index (χ2v) is 9.04. The summed E-state index contributed by atoms with van der Waals surface area (Å²) in [6, 6.07) is 5.89. The van der Waals surface area contributed by atoms with Crippen molar-refractivity contribution >= 4 is 21.9 Å². The van der Waals surface area contributed by atoms with Gasteiger partial charge in [-0.2, -0.15) is 0 Å². The molecule has 1 aromatic carbocycles. The summed E-state index contributed by atoms with van der Waals surface area (Å²) < 4.78 is 6.40. The van der Waals surface area contributed by atoms with Crippen molar-refractivity contribution < 1.29 is 14.6 Å². The molecule has 1 N–H and O–H groups in total. The van der Waals surface area contributed by atoms with E-state index < -0.39 is 11.6 Å². The van der Waals surface area contributed by atoms with E-state index in [-0.39, 0.29) is 10.8 Å². The molecule has 0 spiro atoms. The first-order chi connectivity index (χ1) is 9.74. The molecule has 1 rings (SSSR count). The third-order valence-electron chi connectivity index (χ3n) is 3.57. The van der Waals surface area contributed by atoms with Crippen molar-refractivity contribution in [3.8, 4) is 5.75 Å². The predicted molar refractivity (Wildman–Crippen MR) is 93.6 cm³/mol. The molecule has 0 aliphatic heterocycles. The molecule has 0 atom stereocenters. The van der Waals surface area contributed by atoms with Crippen molar-refractivity contribution in [2.45, 2.75) is 65.9 Å². The standard InChI is InChI=1S/C18H27BrO3/c1-16(2,3)11-17(4,5)12-8-9-14(13(19)10-12)22-18(6,7)15(20)21/h8-10H,11H2,1-7H3,(H,20,21). The number of carboxylic acids is 1. The predicted octanol–water partition coefficient (Wildman–Crippen LogP) is 5.40. The Morgan fingerprint density at radius 1 is 1.14 bits per heavy atom. The number of hydrogen-bond acceptors (Lipinski definition) is 2. The van der Waals surface area contributed by atoms with E-state index in [9.17, 15) is 4.79 Å². The molecule has 0 aliphatic carbocycles. The molecule has 0 amide bonds. The van der Waals surface area contributed by atoms with Crippen LogP contribution in [0.1, 0.15) is 60.5 Å². The molecule has 0 saturated carbocycles. The quantitative estimate of drug-likeness (QED) is 0.753. The molecule has 0 heterocycles. The van der Waals surface area contributed by atoms with Gasteiger partial charge in [0.2, 0.25) is 0 Å². The fourth-order valence-electron chi connectivity index (χ4n) is 2.75. The summed E-state index contributed by atoms with van der Waals surface area (Å²) >= 11 is 3.50. The lowest BCUT2D eigenvalue weighted by molar-refractivity contribution is -0.152. The van der Waals surface area contributed by atoms with E-state index in [0.29, 0.717) is 5.75 Å². The highest BCUT2D eigenvalue weighted by atomic mass is 79.9. The van der Waals surface area contributed by atoms with Gasteiger partial charge in [0.1, 0.15) is 5.75 Å². The van der Waals surface area contributed by atoms with Gasteiger partial charge in [0.15, 0.2) is 5.60 Å². The van der Waals surface area contributed by atoms with Gasteiger partial charge in [0.25, 0.3) is 0 Å². The number of benzene rings is 1. The number of carboxylic acid groups (broad SMARTS) is 1. The molecule has 0 aliphatic rings. The van der Waals surface area contributed by atoms with Gasteiger partial charge in [-0.1, -0.05) is 40.7 Å². The first kappa shape index (κ1) is 19.0. The van der Waals surface area contributed by atoms with Crippen LogP contribution in [0, 0.1) is 5.41 Å². The van der Waals surface area contributed by atoms with Gasteiger partial charge in [-0.25, -0.2) is 4.79 Å². The molecule has 3 nitrogen and oxygen atoms in total. The number of aliphatic carboxylic acids is 1. The molecular formula is C18H27BrO3. The monoisotopic (exact) mass is 370 g/mol. The zero-order chi connectivity index (χ0) is 17.3. The molecule has 0 unspecified atom stereocenters. The van der Waals surface area contributed by atoms with Crippen LogP contribution in [-0.2, 0) is 10.2 Å². The fourth-order valence-corrected chi connectivity index (χ4v) is 3.21. The van der Waals surface area contributed by atoms with Gasteiger partial charge < -0.3 is 9.84 Å². The van der Waals surface area contributed by atoms with E-state index >= 15 is 0 Å². The van der Waals surface area contributed by atoms with E-state index in [1.807, 2.05) is 18.2 Å². The Hall–Kier alpha value is -1.03. The summed E-state index contributed by atoms with van der Waals surface area (Å²) in [6.07, 6.45) is 1.05. The Labute approximate surface area is 142 Å². The van der Waals surface area contributed by atoms with Crippen molar-refractivity contribution in [1.29, 1.82) is 0 Å². The Morgan fingerprint density at radius 3 is 2.09 bits per heavy atom. The molecule has 124 valence electrons. The van der Waals surface area contributed by atoms with E-state index in [1.54, 1.807) is 13.8 Å². The van der Waals surface area contributed by atoms with Crippen LogP contribution in [0.5, 0.6) is 5.75 Å². The lowest BCUT2D eigenvalue weighted by atomic mass is 9.72. The van der Waals surface area contributed by atoms with Gasteiger partial charge in [-0.3, -0.25) is 0 Å². The lowest BCUT2D eigenvalue weighted by Crippen LogP contribution is -2.38. The van der Waals surface area contributed by atoms with Crippen molar-refractivity contribution in [1.82, 2.24) is 0 Å². The highest BCUT2D eigenvalue weighted by Gasteiger charge is 2.31. The molecule has 0 radical (unpaired) electrons. The normalized spacial score (nSPS) is 13.1. The first-order valence-corrected chi connectivity index (χ1v) is 8.26. The molecule has 4 heteroatoms. The minimum absolute atomic E-state index is 0.0294. The number of hydrogen-bond donors (Lipinski definition) is 1. The van der Waals surface area contributed by atoms with Crippen LogP contribution < -0.4 is 4.74 Å². The molecular weight excluding hydrogens is 344 g/mol. The zero-order valence-electron chi connectivity index (χ0n) is 14.6. The Morgan fingerprint density at radius 2 is 1.68 bits per heavy atom. The average molecular weight is 371 g/mol.